The Morgan fingerprint density at radius 1 is 1.14 bits per heavy atom. The number of ether oxygens (including phenoxy) is 1. The highest BCUT2D eigenvalue weighted by molar-refractivity contribution is 7.09. The van der Waals surface area contributed by atoms with Crippen molar-refractivity contribution in [3.05, 3.63) is 40.3 Å². The largest absolute Gasteiger partial charge is 0.493 e. The number of hydrogen-bond donors (Lipinski definition) is 1. The number of nitrogens with two attached hydrogens (primary N) is 1. The molecule has 0 radical (unpaired) electrons. The summed E-state index contributed by atoms with van der Waals surface area (Å²) in [7, 11) is 0. The molecule has 2 N–H and O–H groups in total. The van der Waals surface area contributed by atoms with E-state index < -0.39 is 0 Å². The van der Waals surface area contributed by atoms with Gasteiger partial charge >= 0.3 is 0 Å². The number of hydrogen-bond acceptors (Lipinski definition) is 4. The Balaban J connectivity index is 1.49. The number of nitrogens with zero attached hydrogens (tertiary/aromatic N) is 1. The predicted molar refractivity (Wildman–Crippen MR) is 88.0 cm³/mol. The van der Waals surface area contributed by atoms with Crippen LogP contribution in [-0.4, -0.2) is 11.6 Å². The fourth-order valence-electron chi connectivity index (χ4n) is 2.81. The molecule has 0 unspecified atom stereocenters. The van der Waals surface area contributed by atoms with Crippen LogP contribution >= 0.6 is 11.3 Å². The smallest absolute Gasteiger partial charge is 0.119 e. The topological polar surface area (TPSA) is 48.1 Å². The van der Waals surface area contributed by atoms with E-state index in [1.54, 1.807) is 0 Å². The molecule has 1 aromatic heterocycles. The third-order valence-electron chi connectivity index (χ3n) is 4.03. The summed E-state index contributed by atoms with van der Waals surface area (Å²) in [6.45, 7) is 0.664. The molecule has 1 saturated carbocycles. The Labute approximate surface area is 130 Å². The van der Waals surface area contributed by atoms with Crippen LogP contribution in [-0.2, 0) is 6.42 Å². The fraction of sp³-hybridized carbons (Fsp3) is 0.471. The Morgan fingerprint density at radius 3 is 2.67 bits per heavy atom. The van der Waals surface area contributed by atoms with Gasteiger partial charge in [0.1, 0.15) is 5.75 Å². The van der Waals surface area contributed by atoms with Crippen LogP contribution in [0.25, 0.3) is 0 Å². The third-order valence-corrected chi connectivity index (χ3v) is 5.09. The van der Waals surface area contributed by atoms with Crippen molar-refractivity contribution in [2.75, 3.05) is 12.3 Å². The summed E-state index contributed by atoms with van der Waals surface area (Å²) >= 11 is 1.82. The molecular formula is C17H22N2OS. The quantitative estimate of drug-likeness (QED) is 0.833. The monoisotopic (exact) mass is 302 g/mol. The molecule has 0 spiro atoms. The lowest BCUT2D eigenvalue weighted by molar-refractivity contribution is 0.320. The summed E-state index contributed by atoms with van der Waals surface area (Å²) in [6.07, 6.45) is 7.61. The van der Waals surface area contributed by atoms with E-state index in [1.165, 1.54) is 37.1 Å². The Morgan fingerprint density at radius 2 is 1.90 bits per heavy atom. The first-order valence-electron chi connectivity index (χ1n) is 7.74. The minimum atomic E-state index is 0.664. The number of benzene rings is 1. The second-order valence-corrected chi connectivity index (χ2v) is 6.57. The zero-order valence-electron chi connectivity index (χ0n) is 12.3. The van der Waals surface area contributed by atoms with Crippen molar-refractivity contribution in [3.8, 4) is 5.75 Å². The van der Waals surface area contributed by atoms with Crippen LogP contribution in [0.1, 0.15) is 48.7 Å². The van der Waals surface area contributed by atoms with Gasteiger partial charge < -0.3 is 10.5 Å². The van der Waals surface area contributed by atoms with Gasteiger partial charge in [-0.25, -0.2) is 4.98 Å². The Kier molecular flexibility index (Phi) is 4.76. The molecule has 4 heteroatoms. The van der Waals surface area contributed by atoms with Gasteiger partial charge in [0, 0.05) is 23.4 Å². The first kappa shape index (κ1) is 14.4. The summed E-state index contributed by atoms with van der Waals surface area (Å²) in [6, 6.07) is 7.53. The molecular weight excluding hydrogens is 280 g/mol. The third kappa shape index (κ3) is 3.97. The molecule has 3 rings (SSSR count). The minimum Gasteiger partial charge on any atom is -0.493 e. The molecule has 1 heterocycles. The van der Waals surface area contributed by atoms with E-state index in [1.807, 2.05) is 35.6 Å². The van der Waals surface area contributed by atoms with E-state index in [0.717, 1.165) is 23.6 Å². The van der Waals surface area contributed by atoms with Gasteiger partial charge in [-0.1, -0.05) is 19.3 Å². The van der Waals surface area contributed by atoms with Gasteiger partial charge in [-0.3, -0.25) is 0 Å². The standard InChI is InChI=1S/C17H22N2OS/c18-14-6-8-16(9-7-14)20-11-10-15-12-21-17(19-15)13-4-2-1-3-5-13/h6-9,12-13H,1-5,10-11,18H2. The van der Waals surface area contributed by atoms with E-state index in [0.29, 0.717) is 12.5 Å². The summed E-state index contributed by atoms with van der Waals surface area (Å²) in [5, 5.41) is 3.52. The van der Waals surface area contributed by atoms with E-state index in [-0.39, 0.29) is 0 Å². The lowest BCUT2D eigenvalue weighted by Crippen LogP contribution is -2.05. The normalized spacial score (nSPS) is 16.0. The first-order valence-corrected chi connectivity index (χ1v) is 8.62. The Hall–Kier alpha value is -1.55. The highest BCUT2D eigenvalue weighted by Crippen LogP contribution is 2.34. The predicted octanol–water partition coefficient (Wildman–Crippen LogP) is 4.39. The number of rotatable bonds is 5. The highest BCUT2D eigenvalue weighted by atomic mass is 32.1. The molecule has 0 bridgehead atoms. The van der Waals surface area contributed by atoms with Crippen molar-refractivity contribution in [1.29, 1.82) is 0 Å². The maximum absolute atomic E-state index is 5.73. The maximum atomic E-state index is 5.73. The molecule has 1 fully saturated rings. The summed E-state index contributed by atoms with van der Waals surface area (Å²) in [5.74, 6) is 1.57. The van der Waals surface area contributed by atoms with Crippen LogP contribution in [0.4, 0.5) is 5.69 Å². The van der Waals surface area contributed by atoms with Crippen molar-refractivity contribution in [1.82, 2.24) is 4.98 Å². The number of anilines is 1. The molecule has 0 saturated heterocycles. The summed E-state index contributed by atoms with van der Waals surface area (Å²) < 4.78 is 5.73. The van der Waals surface area contributed by atoms with Crippen LogP contribution in [0.15, 0.2) is 29.6 Å². The van der Waals surface area contributed by atoms with Gasteiger partial charge in [0.15, 0.2) is 0 Å². The highest BCUT2D eigenvalue weighted by Gasteiger charge is 2.18. The molecule has 1 aromatic carbocycles. The van der Waals surface area contributed by atoms with Gasteiger partial charge in [-0.15, -0.1) is 11.3 Å². The van der Waals surface area contributed by atoms with Crippen molar-refractivity contribution in [2.24, 2.45) is 0 Å². The molecule has 21 heavy (non-hydrogen) atoms. The number of aromatic nitrogens is 1. The fourth-order valence-corrected chi connectivity index (χ4v) is 3.84. The maximum Gasteiger partial charge on any atom is 0.119 e. The van der Waals surface area contributed by atoms with E-state index >= 15 is 0 Å². The van der Waals surface area contributed by atoms with Crippen LogP contribution in [0.2, 0.25) is 0 Å². The average Bonchev–Trinajstić information content (AvgIpc) is 2.99. The van der Waals surface area contributed by atoms with Crippen LogP contribution in [0, 0.1) is 0 Å². The molecule has 0 amide bonds. The lowest BCUT2D eigenvalue weighted by atomic mass is 9.90. The first-order chi connectivity index (χ1) is 10.3. The molecule has 0 atom stereocenters. The van der Waals surface area contributed by atoms with Gasteiger partial charge in [-0.2, -0.15) is 0 Å². The average molecular weight is 302 g/mol. The molecule has 3 nitrogen and oxygen atoms in total. The van der Waals surface area contributed by atoms with Crippen molar-refractivity contribution < 1.29 is 4.74 Å². The number of thiazole rings is 1. The molecule has 1 aliphatic carbocycles. The summed E-state index contributed by atoms with van der Waals surface area (Å²) in [4.78, 5) is 4.80. The molecule has 112 valence electrons. The summed E-state index contributed by atoms with van der Waals surface area (Å²) in [5.41, 5.74) is 7.58. The van der Waals surface area contributed by atoms with E-state index in [4.69, 9.17) is 15.5 Å². The van der Waals surface area contributed by atoms with Crippen molar-refractivity contribution in [3.63, 3.8) is 0 Å². The van der Waals surface area contributed by atoms with E-state index in [9.17, 15) is 0 Å². The number of nitrogen functional groups attached to an aromatic ring is 1. The van der Waals surface area contributed by atoms with Gasteiger partial charge in [0.05, 0.1) is 17.3 Å². The minimum absolute atomic E-state index is 0.664. The van der Waals surface area contributed by atoms with Gasteiger partial charge in [0.25, 0.3) is 0 Å². The lowest BCUT2D eigenvalue weighted by Gasteiger charge is -2.18. The van der Waals surface area contributed by atoms with Crippen LogP contribution in [0.5, 0.6) is 5.75 Å². The van der Waals surface area contributed by atoms with Crippen LogP contribution < -0.4 is 10.5 Å². The van der Waals surface area contributed by atoms with Crippen LogP contribution in [0.3, 0.4) is 0 Å². The second kappa shape index (κ2) is 6.94. The van der Waals surface area contributed by atoms with E-state index in [2.05, 4.69) is 5.38 Å². The van der Waals surface area contributed by atoms with Gasteiger partial charge in [0.2, 0.25) is 0 Å². The zero-order chi connectivity index (χ0) is 14.5. The van der Waals surface area contributed by atoms with Crippen molar-refractivity contribution >= 4 is 17.0 Å². The molecule has 1 aliphatic rings. The SMILES string of the molecule is Nc1ccc(OCCc2csc(C3CCCCC3)n2)cc1. The van der Waals surface area contributed by atoms with Crippen molar-refractivity contribution in [2.45, 2.75) is 44.4 Å². The second-order valence-electron chi connectivity index (χ2n) is 5.68. The zero-order valence-corrected chi connectivity index (χ0v) is 13.1. The molecule has 0 aliphatic heterocycles. The molecule has 2 aromatic rings. The Bertz CT molecular complexity index is 558. The van der Waals surface area contributed by atoms with Gasteiger partial charge in [-0.05, 0) is 37.1 Å².